The van der Waals surface area contributed by atoms with E-state index in [0.29, 0.717) is 32.7 Å². The van der Waals surface area contributed by atoms with E-state index in [0.717, 1.165) is 29.8 Å². The second-order valence-corrected chi connectivity index (χ2v) is 9.67. The topological polar surface area (TPSA) is 65.0 Å². The SMILES string of the molecule is CC(C)CCCCCCCOC(=O)CCCOP(O)OCC[N+]1(C)CCCC1. The second kappa shape index (κ2) is 15.6. The van der Waals surface area contributed by atoms with Gasteiger partial charge in [-0.1, -0.05) is 46.0 Å². The smallest absolute Gasteiger partial charge is 0.330 e. The summed E-state index contributed by atoms with van der Waals surface area (Å²) in [6.45, 7) is 9.15. The first-order chi connectivity index (χ1) is 13.4. The summed E-state index contributed by atoms with van der Waals surface area (Å²) in [7, 11) is 0.390. The number of carbonyl (C=O) groups excluding carboxylic acids is 1. The lowest BCUT2D eigenvalue weighted by atomic mass is 10.0. The molecule has 0 radical (unpaired) electrons. The normalized spacial score (nSPS) is 17.2. The highest BCUT2D eigenvalue weighted by atomic mass is 31.2. The molecule has 1 aliphatic rings. The number of nitrogens with zero attached hydrogens (tertiary/aromatic N) is 1. The molecule has 6 nitrogen and oxygen atoms in total. The quantitative estimate of drug-likeness (QED) is 0.158. The van der Waals surface area contributed by atoms with Crippen molar-refractivity contribution in [1.82, 2.24) is 0 Å². The van der Waals surface area contributed by atoms with Crippen LogP contribution in [0.1, 0.15) is 78.1 Å². The van der Waals surface area contributed by atoms with Gasteiger partial charge in [0.15, 0.2) is 0 Å². The minimum Gasteiger partial charge on any atom is -0.466 e. The lowest BCUT2D eigenvalue weighted by Crippen LogP contribution is -2.43. The second-order valence-electron chi connectivity index (χ2n) is 8.68. The van der Waals surface area contributed by atoms with Gasteiger partial charge in [0.05, 0.1) is 33.4 Å². The van der Waals surface area contributed by atoms with Crippen LogP contribution in [0.2, 0.25) is 0 Å². The van der Waals surface area contributed by atoms with Gasteiger partial charge in [-0.2, -0.15) is 0 Å². The monoisotopic (exact) mass is 420 g/mol. The molecule has 0 aromatic carbocycles. The molecule has 0 aromatic heterocycles. The van der Waals surface area contributed by atoms with Crippen molar-refractivity contribution in [3.05, 3.63) is 0 Å². The van der Waals surface area contributed by atoms with Crippen LogP contribution in [-0.2, 0) is 18.6 Å². The molecule has 1 atom stereocenters. The fraction of sp³-hybridized carbons (Fsp3) is 0.952. The summed E-state index contributed by atoms with van der Waals surface area (Å²) in [6, 6.07) is 0. The van der Waals surface area contributed by atoms with E-state index in [-0.39, 0.29) is 5.97 Å². The maximum Gasteiger partial charge on any atom is 0.330 e. The molecule has 0 saturated carbocycles. The number of rotatable bonds is 17. The van der Waals surface area contributed by atoms with E-state index in [2.05, 4.69) is 20.9 Å². The molecule has 7 heteroatoms. The number of quaternary nitrogens is 1. The van der Waals surface area contributed by atoms with Gasteiger partial charge in [0.1, 0.15) is 13.2 Å². The number of esters is 1. The Morgan fingerprint density at radius 2 is 1.61 bits per heavy atom. The maximum absolute atomic E-state index is 11.7. The number of likely N-dealkylation sites (tertiary alicyclic amines) is 1. The van der Waals surface area contributed by atoms with Crippen LogP contribution in [0.3, 0.4) is 0 Å². The Kier molecular flexibility index (Phi) is 14.3. The van der Waals surface area contributed by atoms with Crippen molar-refractivity contribution in [1.29, 1.82) is 0 Å². The predicted octanol–water partition coefficient (Wildman–Crippen LogP) is 4.80. The molecule has 1 saturated heterocycles. The van der Waals surface area contributed by atoms with Crippen molar-refractivity contribution >= 4 is 14.6 Å². The fourth-order valence-corrected chi connectivity index (χ4v) is 4.10. The summed E-state index contributed by atoms with van der Waals surface area (Å²) in [5, 5.41) is 0. The molecule has 1 fully saturated rings. The summed E-state index contributed by atoms with van der Waals surface area (Å²) < 4.78 is 16.9. The van der Waals surface area contributed by atoms with Crippen molar-refractivity contribution in [2.45, 2.75) is 78.1 Å². The number of hydrogen-bond acceptors (Lipinski definition) is 5. The number of likely N-dealkylation sites (N-methyl/N-ethyl adjacent to an activating group) is 1. The largest absolute Gasteiger partial charge is 0.466 e. The molecule has 0 amide bonds. The molecule has 0 aromatic rings. The van der Waals surface area contributed by atoms with Crippen LogP contribution in [0.15, 0.2) is 0 Å². The van der Waals surface area contributed by atoms with Gasteiger partial charge in [0.2, 0.25) is 0 Å². The van der Waals surface area contributed by atoms with E-state index in [1.165, 1.54) is 51.6 Å². The molecule has 1 heterocycles. The van der Waals surface area contributed by atoms with E-state index in [1.807, 2.05) is 0 Å². The number of hydrogen-bond donors (Lipinski definition) is 1. The summed E-state index contributed by atoms with van der Waals surface area (Å²) >= 11 is 0. The average molecular weight is 421 g/mol. The van der Waals surface area contributed by atoms with E-state index in [9.17, 15) is 9.69 Å². The molecule has 166 valence electrons. The van der Waals surface area contributed by atoms with Crippen molar-refractivity contribution in [3.63, 3.8) is 0 Å². The van der Waals surface area contributed by atoms with E-state index < -0.39 is 8.60 Å². The lowest BCUT2D eigenvalue weighted by Gasteiger charge is -2.29. The van der Waals surface area contributed by atoms with Crippen LogP contribution in [0.25, 0.3) is 0 Å². The van der Waals surface area contributed by atoms with Crippen LogP contribution in [0.4, 0.5) is 0 Å². The van der Waals surface area contributed by atoms with Gasteiger partial charge in [-0.05, 0) is 18.8 Å². The predicted molar refractivity (Wildman–Crippen MR) is 114 cm³/mol. The van der Waals surface area contributed by atoms with Crippen LogP contribution in [-0.4, -0.2) is 61.8 Å². The molecule has 1 unspecified atom stereocenters. The Bertz CT molecular complexity index is 402. The summed E-state index contributed by atoms with van der Waals surface area (Å²) in [5.41, 5.74) is 0. The molecule has 28 heavy (non-hydrogen) atoms. The first-order valence-corrected chi connectivity index (χ1v) is 12.3. The Labute approximate surface area is 173 Å². The van der Waals surface area contributed by atoms with E-state index in [4.69, 9.17) is 13.8 Å². The Morgan fingerprint density at radius 3 is 2.32 bits per heavy atom. The van der Waals surface area contributed by atoms with Crippen molar-refractivity contribution < 1.29 is 28.0 Å². The van der Waals surface area contributed by atoms with Crippen molar-refractivity contribution in [2.75, 3.05) is 46.5 Å². The van der Waals surface area contributed by atoms with Gasteiger partial charge in [-0.25, -0.2) is 0 Å². The third-order valence-electron chi connectivity index (χ3n) is 5.39. The highest BCUT2D eigenvalue weighted by Gasteiger charge is 2.26. The Balaban J connectivity index is 1.86. The molecular weight excluding hydrogens is 377 g/mol. The van der Waals surface area contributed by atoms with Gasteiger partial charge >= 0.3 is 14.6 Å². The molecule has 1 rings (SSSR count). The Morgan fingerprint density at radius 1 is 0.964 bits per heavy atom. The molecule has 0 aliphatic carbocycles. The summed E-state index contributed by atoms with van der Waals surface area (Å²) in [5.74, 6) is 0.608. The third kappa shape index (κ3) is 13.8. The number of ether oxygens (including phenoxy) is 1. The first kappa shape index (κ1) is 25.8. The summed E-state index contributed by atoms with van der Waals surface area (Å²) in [4.78, 5) is 21.4. The Hall–Kier alpha value is -0.260. The molecule has 1 N–H and O–H groups in total. The number of carbonyl (C=O) groups is 1. The third-order valence-corrected chi connectivity index (χ3v) is 6.20. The standard InChI is InChI=1S/C21H43NO5P/c1-20(2)12-7-5-4-6-10-17-25-21(23)13-11-18-26-28(24)27-19-16-22(3)14-8-9-15-22/h20,24H,4-19H2,1-3H3/q+1. The van der Waals surface area contributed by atoms with Crippen LogP contribution >= 0.6 is 8.60 Å². The lowest BCUT2D eigenvalue weighted by molar-refractivity contribution is -0.897. The zero-order valence-electron chi connectivity index (χ0n) is 18.4. The van der Waals surface area contributed by atoms with E-state index >= 15 is 0 Å². The van der Waals surface area contributed by atoms with Crippen LogP contribution in [0.5, 0.6) is 0 Å². The van der Waals surface area contributed by atoms with Gasteiger partial charge in [0, 0.05) is 19.3 Å². The number of unbranched alkanes of at least 4 members (excludes halogenated alkanes) is 4. The zero-order chi connectivity index (χ0) is 20.7. The van der Waals surface area contributed by atoms with Crippen molar-refractivity contribution in [3.8, 4) is 0 Å². The minimum absolute atomic E-state index is 0.182. The maximum atomic E-state index is 11.7. The fourth-order valence-electron chi connectivity index (χ4n) is 3.50. The van der Waals surface area contributed by atoms with Gasteiger partial charge < -0.3 is 23.2 Å². The van der Waals surface area contributed by atoms with Gasteiger partial charge in [0.25, 0.3) is 0 Å². The van der Waals surface area contributed by atoms with Gasteiger partial charge in [-0.3, -0.25) is 4.79 Å². The molecular formula is C21H43NO5P+. The zero-order valence-corrected chi connectivity index (χ0v) is 19.3. The van der Waals surface area contributed by atoms with Crippen molar-refractivity contribution in [2.24, 2.45) is 5.92 Å². The average Bonchev–Trinajstić information content (AvgIpc) is 3.07. The summed E-state index contributed by atoms with van der Waals surface area (Å²) in [6.07, 6.45) is 10.6. The van der Waals surface area contributed by atoms with Crippen LogP contribution in [0, 0.1) is 5.92 Å². The molecule has 0 spiro atoms. The molecule has 1 aliphatic heterocycles. The minimum atomic E-state index is -1.84. The van der Waals surface area contributed by atoms with Crippen LogP contribution < -0.4 is 0 Å². The highest BCUT2D eigenvalue weighted by molar-refractivity contribution is 7.40. The first-order valence-electron chi connectivity index (χ1n) is 11.2. The highest BCUT2D eigenvalue weighted by Crippen LogP contribution is 2.33. The molecule has 0 bridgehead atoms. The van der Waals surface area contributed by atoms with Gasteiger partial charge in [-0.15, -0.1) is 0 Å². The van der Waals surface area contributed by atoms with E-state index in [1.54, 1.807) is 0 Å².